The van der Waals surface area contributed by atoms with Gasteiger partial charge in [-0.3, -0.25) is 19.7 Å². The number of hydrogen-bond acceptors (Lipinski definition) is 8. The predicted molar refractivity (Wildman–Crippen MR) is 168 cm³/mol. The Balaban J connectivity index is 1.39. The van der Waals surface area contributed by atoms with Gasteiger partial charge in [0.25, 0.3) is 11.6 Å². The van der Waals surface area contributed by atoms with Gasteiger partial charge in [-0.2, -0.15) is 0 Å². The Hall–Kier alpha value is -4.48. The van der Waals surface area contributed by atoms with Crippen LogP contribution in [0.1, 0.15) is 55.3 Å². The van der Waals surface area contributed by atoms with Crippen molar-refractivity contribution in [3.63, 3.8) is 0 Å². The van der Waals surface area contributed by atoms with Gasteiger partial charge in [-0.1, -0.05) is 49.4 Å². The first-order valence-electron chi connectivity index (χ1n) is 13.6. The highest BCUT2D eigenvalue weighted by atomic mass is 32.2. The molecule has 3 aromatic carbocycles. The maximum atomic E-state index is 13.9. The molecule has 0 fully saturated rings. The second-order valence-electron chi connectivity index (χ2n) is 10.2. The molecule has 1 heterocycles. The lowest BCUT2D eigenvalue weighted by Gasteiger charge is -2.18. The van der Waals surface area contributed by atoms with Crippen LogP contribution < -0.4 is 10.6 Å². The molecule has 0 saturated heterocycles. The highest BCUT2D eigenvalue weighted by Gasteiger charge is 2.31. The number of benzene rings is 3. The van der Waals surface area contributed by atoms with E-state index < -0.39 is 22.0 Å². The van der Waals surface area contributed by atoms with E-state index in [9.17, 15) is 24.5 Å². The summed E-state index contributed by atoms with van der Waals surface area (Å²) in [6.07, 6.45) is 2.59. The summed E-state index contributed by atoms with van der Waals surface area (Å²) in [5.41, 5.74) is 2.62. The van der Waals surface area contributed by atoms with Crippen LogP contribution in [-0.2, 0) is 22.4 Å². The van der Waals surface area contributed by atoms with Crippen molar-refractivity contribution in [1.29, 1.82) is 0 Å². The second kappa shape index (κ2) is 13.2. The Labute approximate surface area is 256 Å². The molecule has 5 rings (SSSR count). The molecule has 0 bridgehead atoms. The van der Waals surface area contributed by atoms with Crippen LogP contribution in [0.2, 0.25) is 0 Å². The number of amides is 2. The van der Waals surface area contributed by atoms with E-state index in [4.69, 9.17) is 4.74 Å². The molecule has 0 saturated carbocycles. The number of ether oxygens (including phenoxy) is 1. The number of esters is 1. The van der Waals surface area contributed by atoms with Gasteiger partial charge >= 0.3 is 5.97 Å². The fraction of sp³-hybridized carbons (Fsp3) is 0.219. The first-order valence-corrected chi connectivity index (χ1v) is 15.3. The normalized spacial score (nSPS) is 14.7. The standard InChI is InChI=1S/C32H29N3O6S2/c1-19-14-15-25-26(16-19)43-31(27(25)32(38)41-2)34-30(37)28(20-8-4-3-5-9-20)42-24-13-7-11-22(18-24)33-29(36)21-10-6-12-23(17-21)35(39)40/h3-13,17-19,28H,14-16H2,1-2H3,(H,33,36)(H,34,37). The zero-order valence-electron chi connectivity index (χ0n) is 23.5. The smallest absolute Gasteiger partial charge is 0.341 e. The van der Waals surface area contributed by atoms with E-state index in [0.717, 1.165) is 35.3 Å². The summed E-state index contributed by atoms with van der Waals surface area (Å²) in [5, 5.41) is 16.8. The second-order valence-corrected chi connectivity index (χ2v) is 12.5. The molecule has 2 amide bonds. The lowest BCUT2D eigenvalue weighted by molar-refractivity contribution is -0.384. The quantitative estimate of drug-likeness (QED) is 0.0876. The van der Waals surface area contributed by atoms with Crippen molar-refractivity contribution < 1.29 is 24.0 Å². The molecular weight excluding hydrogens is 587 g/mol. The Kier molecular flexibility index (Phi) is 9.22. The molecule has 1 aliphatic rings. The third-order valence-electron chi connectivity index (χ3n) is 7.14. The fourth-order valence-corrected chi connectivity index (χ4v) is 7.47. The van der Waals surface area contributed by atoms with Crippen LogP contribution in [-0.4, -0.2) is 29.8 Å². The van der Waals surface area contributed by atoms with Crippen LogP contribution in [0.15, 0.2) is 83.8 Å². The first kappa shape index (κ1) is 30.0. The molecule has 1 aromatic heterocycles. The van der Waals surface area contributed by atoms with E-state index in [-0.39, 0.29) is 17.2 Å². The van der Waals surface area contributed by atoms with Gasteiger partial charge in [-0.25, -0.2) is 4.79 Å². The Morgan fingerprint density at radius 1 is 1.02 bits per heavy atom. The minimum atomic E-state index is -0.674. The summed E-state index contributed by atoms with van der Waals surface area (Å²) < 4.78 is 5.09. The molecule has 1 aliphatic carbocycles. The number of hydrogen-bond donors (Lipinski definition) is 2. The molecule has 2 unspecified atom stereocenters. The summed E-state index contributed by atoms with van der Waals surface area (Å²) >= 11 is 2.74. The lowest BCUT2D eigenvalue weighted by atomic mass is 9.88. The van der Waals surface area contributed by atoms with E-state index in [0.29, 0.717) is 27.1 Å². The maximum Gasteiger partial charge on any atom is 0.341 e. The number of fused-ring (bicyclic) bond motifs is 1. The Morgan fingerprint density at radius 2 is 1.79 bits per heavy atom. The molecule has 43 heavy (non-hydrogen) atoms. The van der Waals surface area contributed by atoms with E-state index >= 15 is 0 Å². The van der Waals surface area contributed by atoms with E-state index in [2.05, 4.69) is 17.6 Å². The number of carbonyl (C=O) groups excluding carboxylic acids is 3. The topological polar surface area (TPSA) is 128 Å². The minimum Gasteiger partial charge on any atom is -0.465 e. The molecule has 2 N–H and O–H groups in total. The van der Waals surface area contributed by atoms with Crippen molar-refractivity contribution in [2.24, 2.45) is 5.92 Å². The number of nitrogens with one attached hydrogen (secondary N) is 2. The average Bonchev–Trinajstić information content (AvgIpc) is 3.36. The number of nitrogens with zero attached hydrogens (tertiary/aromatic N) is 1. The lowest BCUT2D eigenvalue weighted by Crippen LogP contribution is -2.20. The highest BCUT2D eigenvalue weighted by Crippen LogP contribution is 2.42. The predicted octanol–water partition coefficient (Wildman–Crippen LogP) is 7.29. The Morgan fingerprint density at radius 3 is 2.53 bits per heavy atom. The van der Waals surface area contributed by atoms with Crippen molar-refractivity contribution in [2.45, 2.75) is 36.3 Å². The van der Waals surface area contributed by atoms with Crippen LogP contribution >= 0.6 is 23.1 Å². The van der Waals surface area contributed by atoms with Gasteiger partial charge in [0, 0.05) is 33.2 Å². The van der Waals surface area contributed by atoms with Gasteiger partial charge < -0.3 is 15.4 Å². The highest BCUT2D eigenvalue weighted by molar-refractivity contribution is 8.00. The SMILES string of the molecule is COC(=O)c1c(NC(=O)C(Sc2cccc(NC(=O)c3cccc([N+](=O)[O-])c3)c2)c2ccccc2)sc2c1CCC(C)C2. The number of carbonyl (C=O) groups is 3. The molecule has 0 aliphatic heterocycles. The molecule has 220 valence electrons. The molecular formula is C32H29N3O6S2. The molecule has 11 heteroatoms. The van der Waals surface area contributed by atoms with Gasteiger partial charge in [0.2, 0.25) is 5.91 Å². The van der Waals surface area contributed by atoms with Crippen LogP contribution in [0, 0.1) is 16.0 Å². The summed E-state index contributed by atoms with van der Waals surface area (Å²) in [6, 6.07) is 21.9. The van der Waals surface area contributed by atoms with E-state index in [1.54, 1.807) is 18.2 Å². The minimum absolute atomic E-state index is 0.156. The van der Waals surface area contributed by atoms with Crippen LogP contribution in [0.25, 0.3) is 0 Å². The van der Waals surface area contributed by atoms with Crippen molar-refractivity contribution in [3.05, 3.63) is 116 Å². The van der Waals surface area contributed by atoms with Crippen LogP contribution in [0.3, 0.4) is 0 Å². The van der Waals surface area contributed by atoms with Gasteiger partial charge in [0.15, 0.2) is 0 Å². The van der Waals surface area contributed by atoms with Crippen LogP contribution in [0.4, 0.5) is 16.4 Å². The number of methoxy groups -OCH3 is 1. The van der Waals surface area contributed by atoms with Crippen molar-refractivity contribution in [1.82, 2.24) is 0 Å². The number of thiophene rings is 1. The Bertz CT molecular complexity index is 1690. The third-order valence-corrected chi connectivity index (χ3v) is 9.56. The zero-order chi connectivity index (χ0) is 30.5. The third kappa shape index (κ3) is 6.95. The van der Waals surface area contributed by atoms with Crippen molar-refractivity contribution >= 4 is 57.3 Å². The number of anilines is 2. The van der Waals surface area contributed by atoms with Gasteiger partial charge in [-0.15, -0.1) is 23.1 Å². The summed E-state index contributed by atoms with van der Waals surface area (Å²) in [7, 11) is 1.34. The fourth-order valence-electron chi connectivity index (χ4n) is 4.98. The molecule has 2 atom stereocenters. The zero-order valence-corrected chi connectivity index (χ0v) is 25.1. The molecule has 4 aromatic rings. The average molecular weight is 616 g/mol. The summed E-state index contributed by atoms with van der Waals surface area (Å²) in [6.45, 7) is 2.18. The monoisotopic (exact) mass is 615 g/mol. The largest absolute Gasteiger partial charge is 0.465 e. The first-order chi connectivity index (χ1) is 20.7. The molecule has 9 nitrogen and oxygen atoms in total. The number of nitro benzene ring substituents is 1. The van der Waals surface area contributed by atoms with Gasteiger partial charge in [0.1, 0.15) is 10.3 Å². The number of nitro groups is 1. The van der Waals surface area contributed by atoms with Gasteiger partial charge in [-0.05, 0) is 60.6 Å². The maximum absolute atomic E-state index is 13.9. The molecule has 0 radical (unpaired) electrons. The van der Waals surface area contributed by atoms with Crippen molar-refractivity contribution in [2.75, 3.05) is 17.7 Å². The molecule has 0 spiro atoms. The summed E-state index contributed by atoms with van der Waals surface area (Å²) in [5.74, 6) is -0.746. The van der Waals surface area contributed by atoms with Crippen molar-refractivity contribution in [3.8, 4) is 0 Å². The number of thioether (sulfide) groups is 1. The summed E-state index contributed by atoms with van der Waals surface area (Å²) in [4.78, 5) is 51.9. The number of non-ortho nitro benzene ring substituents is 1. The van der Waals surface area contributed by atoms with Crippen LogP contribution in [0.5, 0.6) is 0 Å². The number of rotatable bonds is 9. The van der Waals surface area contributed by atoms with Gasteiger partial charge in [0.05, 0.1) is 17.6 Å². The van der Waals surface area contributed by atoms with E-state index in [1.807, 2.05) is 36.4 Å². The van der Waals surface area contributed by atoms with E-state index in [1.165, 1.54) is 54.5 Å².